The van der Waals surface area contributed by atoms with Gasteiger partial charge in [0.15, 0.2) is 6.61 Å². The van der Waals surface area contributed by atoms with Crippen LogP contribution in [0, 0.1) is 3.57 Å². The zero-order valence-electron chi connectivity index (χ0n) is 16.7. The lowest BCUT2D eigenvalue weighted by Crippen LogP contribution is -2.50. The van der Waals surface area contributed by atoms with Gasteiger partial charge in [-0.05, 0) is 71.3 Å². The summed E-state index contributed by atoms with van der Waals surface area (Å²) in [6.07, 6.45) is 1.33. The number of ether oxygens (including phenoxy) is 1. The number of carbonyl (C=O) groups excluding carboxylic acids is 2. The smallest absolute Gasteiger partial charge is 0.261 e. The lowest BCUT2D eigenvalue weighted by Gasteiger charge is -2.30. The van der Waals surface area contributed by atoms with Crippen molar-refractivity contribution in [1.82, 2.24) is 10.2 Å². The summed E-state index contributed by atoms with van der Waals surface area (Å²) in [5.74, 6) is 0.186. The van der Waals surface area contributed by atoms with Crippen LogP contribution in [0.5, 0.6) is 5.75 Å². The molecule has 0 spiro atoms. The van der Waals surface area contributed by atoms with Crippen molar-refractivity contribution in [2.45, 2.75) is 39.3 Å². The van der Waals surface area contributed by atoms with Gasteiger partial charge in [-0.2, -0.15) is 0 Å². The van der Waals surface area contributed by atoms with E-state index in [4.69, 9.17) is 16.3 Å². The maximum Gasteiger partial charge on any atom is 0.261 e. The lowest BCUT2D eigenvalue weighted by atomic mass is 10.1. The van der Waals surface area contributed by atoms with Gasteiger partial charge in [0, 0.05) is 21.7 Å². The average Bonchev–Trinajstić information content (AvgIpc) is 2.72. The van der Waals surface area contributed by atoms with Crippen LogP contribution in [0.25, 0.3) is 0 Å². The van der Waals surface area contributed by atoms with Crippen molar-refractivity contribution in [3.05, 3.63) is 62.7 Å². The number of nitrogens with one attached hydrogen (secondary N) is 1. The maximum atomic E-state index is 13.1. The Kier molecular flexibility index (Phi) is 9.73. The molecule has 0 saturated heterocycles. The molecule has 7 heteroatoms. The Hall–Kier alpha value is -1.80. The standard InChI is InChI=1S/C22H26ClIN2O3/c1-3-13-25-22(28)20(4-2)26(14-16-7-5-6-8-19(16)23)21(27)15-29-18-11-9-17(24)10-12-18/h5-12,20H,3-4,13-15H2,1-2H3,(H,25,28)/t20-/m0/s1. The predicted octanol–water partition coefficient (Wildman–Crippen LogP) is 4.66. The molecule has 2 aromatic rings. The Morgan fingerprint density at radius 1 is 1.14 bits per heavy atom. The minimum absolute atomic E-state index is 0.150. The summed E-state index contributed by atoms with van der Waals surface area (Å²) in [6, 6.07) is 14.2. The van der Waals surface area contributed by atoms with Gasteiger partial charge in [-0.3, -0.25) is 9.59 Å². The lowest BCUT2D eigenvalue weighted by molar-refractivity contribution is -0.143. The van der Waals surface area contributed by atoms with Gasteiger partial charge in [0.2, 0.25) is 5.91 Å². The number of hydrogen-bond acceptors (Lipinski definition) is 3. The fraction of sp³-hybridized carbons (Fsp3) is 0.364. The summed E-state index contributed by atoms with van der Waals surface area (Å²) in [4.78, 5) is 27.3. The largest absolute Gasteiger partial charge is 0.484 e. The van der Waals surface area contributed by atoms with Gasteiger partial charge in [-0.25, -0.2) is 0 Å². The second-order valence-corrected chi connectivity index (χ2v) is 8.22. The molecule has 1 N–H and O–H groups in total. The van der Waals surface area contributed by atoms with E-state index in [-0.39, 0.29) is 25.0 Å². The van der Waals surface area contributed by atoms with E-state index in [1.165, 1.54) is 0 Å². The topological polar surface area (TPSA) is 58.6 Å². The third-order valence-corrected chi connectivity index (χ3v) is 5.50. The number of amides is 2. The predicted molar refractivity (Wildman–Crippen MR) is 124 cm³/mol. The van der Waals surface area contributed by atoms with Crippen LogP contribution in [-0.2, 0) is 16.1 Å². The molecule has 2 aromatic carbocycles. The first-order chi connectivity index (χ1) is 14.0. The fourth-order valence-electron chi connectivity index (χ4n) is 2.85. The van der Waals surface area contributed by atoms with Gasteiger partial charge in [0.25, 0.3) is 5.91 Å². The highest BCUT2D eigenvalue weighted by Crippen LogP contribution is 2.20. The minimum atomic E-state index is -0.592. The molecule has 0 heterocycles. The summed E-state index contributed by atoms with van der Waals surface area (Å²) in [6.45, 7) is 4.55. The summed E-state index contributed by atoms with van der Waals surface area (Å²) in [5, 5.41) is 3.45. The van der Waals surface area contributed by atoms with Crippen molar-refractivity contribution < 1.29 is 14.3 Å². The Bertz CT molecular complexity index is 814. The number of carbonyl (C=O) groups is 2. The van der Waals surface area contributed by atoms with Crippen molar-refractivity contribution in [1.29, 1.82) is 0 Å². The molecular weight excluding hydrogens is 503 g/mol. The zero-order valence-corrected chi connectivity index (χ0v) is 19.6. The van der Waals surface area contributed by atoms with E-state index in [0.29, 0.717) is 23.7 Å². The van der Waals surface area contributed by atoms with Crippen LogP contribution in [-0.4, -0.2) is 35.9 Å². The number of benzene rings is 2. The normalized spacial score (nSPS) is 11.6. The van der Waals surface area contributed by atoms with Crippen LogP contribution in [0.4, 0.5) is 0 Å². The number of hydrogen-bond donors (Lipinski definition) is 1. The van der Waals surface area contributed by atoms with E-state index in [1.807, 2.05) is 56.3 Å². The molecule has 0 aliphatic carbocycles. The highest BCUT2D eigenvalue weighted by atomic mass is 127. The molecule has 0 fully saturated rings. The van der Waals surface area contributed by atoms with Gasteiger partial charge in [-0.1, -0.05) is 43.6 Å². The number of halogens is 2. The van der Waals surface area contributed by atoms with Crippen LogP contribution in [0.3, 0.4) is 0 Å². The second kappa shape index (κ2) is 12.0. The second-order valence-electron chi connectivity index (χ2n) is 6.57. The van der Waals surface area contributed by atoms with E-state index in [0.717, 1.165) is 15.6 Å². The summed E-state index contributed by atoms with van der Waals surface area (Å²) in [7, 11) is 0. The highest BCUT2D eigenvalue weighted by molar-refractivity contribution is 14.1. The quantitative estimate of drug-likeness (QED) is 0.457. The van der Waals surface area contributed by atoms with E-state index >= 15 is 0 Å². The Labute approximate surface area is 190 Å². The first kappa shape index (κ1) is 23.5. The summed E-state index contributed by atoms with van der Waals surface area (Å²) >= 11 is 8.51. The van der Waals surface area contributed by atoms with Gasteiger partial charge in [0.05, 0.1) is 0 Å². The molecule has 0 unspecified atom stereocenters. The van der Waals surface area contributed by atoms with E-state index in [1.54, 1.807) is 11.0 Å². The summed E-state index contributed by atoms with van der Waals surface area (Å²) < 4.78 is 6.75. The first-order valence-corrected chi connectivity index (χ1v) is 11.1. The third-order valence-electron chi connectivity index (χ3n) is 4.41. The van der Waals surface area contributed by atoms with Gasteiger partial charge in [0.1, 0.15) is 11.8 Å². The van der Waals surface area contributed by atoms with E-state index in [2.05, 4.69) is 27.9 Å². The van der Waals surface area contributed by atoms with Crippen LogP contribution >= 0.6 is 34.2 Å². The van der Waals surface area contributed by atoms with Crippen LogP contribution in [0.2, 0.25) is 5.02 Å². The zero-order chi connectivity index (χ0) is 21.2. The van der Waals surface area contributed by atoms with Gasteiger partial charge in [-0.15, -0.1) is 0 Å². The molecular formula is C22H26ClIN2O3. The molecule has 0 radical (unpaired) electrons. The Morgan fingerprint density at radius 2 is 1.83 bits per heavy atom. The molecule has 156 valence electrons. The highest BCUT2D eigenvalue weighted by Gasteiger charge is 2.29. The fourth-order valence-corrected chi connectivity index (χ4v) is 3.41. The van der Waals surface area contributed by atoms with Crippen LogP contribution in [0.1, 0.15) is 32.3 Å². The van der Waals surface area contributed by atoms with Crippen molar-refractivity contribution >= 4 is 46.0 Å². The minimum Gasteiger partial charge on any atom is -0.484 e. The molecule has 0 aliphatic rings. The number of nitrogens with zero attached hydrogens (tertiary/aromatic N) is 1. The molecule has 2 amide bonds. The molecule has 0 saturated carbocycles. The maximum absolute atomic E-state index is 13.1. The molecule has 29 heavy (non-hydrogen) atoms. The monoisotopic (exact) mass is 528 g/mol. The molecule has 0 aliphatic heterocycles. The third kappa shape index (κ3) is 7.19. The van der Waals surface area contributed by atoms with Gasteiger partial charge >= 0.3 is 0 Å². The molecule has 0 bridgehead atoms. The SMILES string of the molecule is CCCNC(=O)[C@H](CC)N(Cc1ccccc1Cl)C(=O)COc1ccc(I)cc1. The number of rotatable bonds is 10. The van der Waals surface area contributed by atoms with Crippen molar-refractivity contribution in [3.63, 3.8) is 0 Å². The van der Waals surface area contributed by atoms with Gasteiger partial charge < -0.3 is 15.0 Å². The Balaban J connectivity index is 2.19. The van der Waals surface area contributed by atoms with Crippen LogP contribution in [0.15, 0.2) is 48.5 Å². The van der Waals surface area contributed by atoms with E-state index in [9.17, 15) is 9.59 Å². The Morgan fingerprint density at radius 3 is 2.45 bits per heavy atom. The van der Waals surface area contributed by atoms with E-state index < -0.39 is 6.04 Å². The van der Waals surface area contributed by atoms with Crippen molar-refractivity contribution in [2.24, 2.45) is 0 Å². The summed E-state index contributed by atoms with van der Waals surface area (Å²) in [5.41, 5.74) is 0.790. The average molecular weight is 529 g/mol. The van der Waals surface area contributed by atoms with Crippen molar-refractivity contribution in [2.75, 3.05) is 13.2 Å². The van der Waals surface area contributed by atoms with Crippen molar-refractivity contribution in [3.8, 4) is 5.75 Å². The molecule has 1 atom stereocenters. The molecule has 2 rings (SSSR count). The first-order valence-electron chi connectivity index (χ1n) is 9.65. The molecule has 5 nitrogen and oxygen atoms in total. The molecule has 0 aromatic heterocycles. The van der Waals surface area contributed by atoms with Crippen LogP contribution < -0.4 is 10.1 Å².